The molecule has 0 aromatic heterocycles. The topological polar surface area (TPSA) is 55.4 Å². The molecule has 0 bridgehead atoms. The molecule has 0 fully saturated rings. The van der Waals surface area contributed by atoms with Gasteiger partial charge in [0.2, 0.25) is 10.9 Å². The highest BCUT2D eigenvalue weighted by molar-refractivity contribution is 7.73. The van der Waals surface area contributed by atoms with Crippen molar-refractivity contribution in [2.75, 3.05) is 4.72 Å². The van der Waals surface area contributed by atoms with Gasteiger partial charge in [-0.25, -0.2) is 17.2 Å². The van der Waals surface area contributed by atoms with Gasteiger partial charge >= 0.3 is 0 Å². The highest BCUT2D eigenvalue weighted by Gasteiger charge is 2.37. The maximum atomic E-state index is 15.1. The molecule has 132 valence electrons. The van der Waals surface area contributed by atoms with E-state index in [2.05, 4.69) is 4.72 Å². The number of rotatable bonds is 3. The Kier molecular flexibility index (Phi) is 4.47. The van der Waals surface area contributed by atoms with Crippen LogP contribution in [0.25, 0.3) is 5.57 Å². The molecular formula is C17H14ClF2NO3S. The lowest BCUT2D eigenvalue weighted by Gasteiger charge is -2.34. The highest BCUT2D eigenvalue weighted by Crippen LogP contribution is 2.48. The molecule has 1 aliphatic rings. The van der Waals surface area contributed by atoms with Crippen LogP contribution in [0.5, 0.6) is 5.75 Å². The number of benzene rings is 2. The van der Waals surface area contributed by atoms with Crippen LogP contribution < -0.4 is 9.46 Å². The number of anilines is 1. The van der Waals surface area contributed by atoms with Crippen molar-refractivity contribution < 1.29 is 21.9 Å². The molecule has 0 radical (unpaired) electrons. The van der Waals surface area contributed by atoms with E-state index in [4.69, 9.17) is 16.3 Å². The number of hydrogen-bond acceptors (Lipinski definition) is 3. The van der Waals surface area contributed by atoms with Crippen LogP contribution in [-0.2, 0) is 10.9 Å². The number of hydrogen-bond donors (Lipinski definition) is 2. The summed E-state index contributed by atoms with van der Waals surface area (Å²) in [5, 5.41) is 0.113. The summed E-state index contributed by atoms with van der Waals surface area (Å²) in [7, 11) is -2.89. The minimum atomic E-state index is -2.89. The van der Waals surface area contributed by atoms with Crippen molar-refractivity contribution in [1.82, 2.24) is 0 Å². The number of thiol groups is 1. The monoisotopic (exact) mass is 385 g/mol. The van der Waals surface area contributed by atoms with E-state index in [-0.39, 0.29) is 27.6 Å². The first-order chi connectivity index (χ1) is 11.7. The van der Waals surface area contributed by atoms with Crippen LogP contribution in [0.1, 0.15) is 25.0 Å². The van der Waals surface area contributed by atoms with E-state index in [0.29, 0.717) is 5.56 Å². The average Bonchev–Trinajstić information content (AvgIpc) is 2.49. The van der Waals surface area contributed by atoms with E-state index in [1.54, 1.807) is 0 Å². The SMILES string of the molecule is CC1(C)Oc2cc(N[SH](=O)=O)cc(Cl)c2C(c2ccc(F)cc2)=C1F. The second-order valence-electron chi connectivity index (χ2n) is 6.01. The van der Waals surface area contributed by atoms with Gasteiger partial charge in [0.25, 0.3) is 0 Å². The van der Waals surface area contributed by atoms with Crippen molar-refractivity contribution in [1.29, 1.82) is 0 Å². The molecule has 0 spiro atoms. The molecule has 0 saturated carbocycles. The highest BCUT2D eigenvalue weighted by atomic mass is 35.5. The van der Waals surface area contributed by atoms with E-state index in [1.165, 1.54) is 50.2 Å². The van der Waals surface area contributed by atoms with Crippen LogP contribution in [0.3, 0.4) is 0 Å². The van der Waals surface area contributed by atoms with Gasteiger partial charge in [-0.2, -0.15) is 0 Å². The molecule has 25 heavy (non-hydrogen) atoms. The van der Waals surface area contributed by atoms with E-state index in [9.17, 15) is 12.8 Å². The second-order valence-corrected chi connectivity index (χ2v) is 7.15. The Hall–Kier alpha value is -2.12. The Labute approximate surface area is 150 Å². The molecular weight excluding hydrogens is 372 g/mol. The zero-order chi connectivity index (χ0) is 18.4. The first-order valence-corrected chi connectivity index (χ1v) is 8.85. The Bertz CT molecular complexity index is 945. The third-order valence-electron chi connectivity index (χ3n) is 3.77. The quantitative estimate of drug-likeness (QED) is 0.774. The summed E-state index contributed by atoms with van der Waals surface area (Å²) in [6, 6.07) is 8.15. The summed E-state index contributed by atoms with van der Waals surface area (Å²) in [5.41, 5.74) is -0.172. The van der Waals surface area contributed by atoms with Crippen LogP contribution in [0, 0.1) is 5.82 Å². The summed E-state index contributed by atoms with van der Waals surface area (Å²) < 4.78 is 58.0. The lowest BCUT2D eigenvalue weighted by atomic mass is 9.88. The predicted octanol–water partition coefficient (Wildman–Crippen LogP) is 4.32. The van der Waals surface area contributed by atoms with E-state index >= 15 is 4.39 Å². The summed E-state index contributed by atoms with van der Waals surface area (Å²) in [5.74, 6) is -0.761. The summed E-state index contributed by atoms with van der Waals surface area (Å²) in [6.45, 7) is 3.08. The van der Waals surface area contributed by atoms with Crippen molar-refractivity contribution in [3.05, 3.63) is 64.2 Å². The summed E-state index contributed by atoms with van der Waals surface area (Å²) in [6.07, 6.45) is 0. The predicted molar refractivity (Wildman–Crippen MR) is 93.6 cm³/mol. The Morgan fingerprint density at radius 3 is 2.36 bits per heavy atom. The third kappa shape index (κ3) is 3.34. The van der Waals surface area contributed by atoms with Gasteiger partial charge in [0.05, 0.1) is 10.7 Å². The summed E-state index contributed by atoms with van der Waals surface area (Å²) in [4.78, 5) is 0. The second kappa shape index (κ2) is 6.31. The van der Waals surface area contributed by atoms with Gasteiger partial charge in [0.1, 0.15) is 11.6 Å². The van der Waals surface area contributed by atoms with Gasteiger partial charge in [-0.3, -0.25) is 4.72 Å². The van der Waals surface area contributed by atoms with Crippen molar-refractivity contribution in [2.45, 2.75) is 19.4 Å². The van der Waals surface area contributed by atoms with Crippen LogP contribution in [0.2, 0.25) is 5.02 Å². The maximum Gasteiger partial charge on any atom is 0.222 e. The Balaban J connectivity index is 2.26. The van der Waals surface area contributed by atoms with Crippen LogP contribution in [0.4, 0.5) is 14.5 Å². The molecule has 0 unspecified atom stereocenters. The van der Waals surface area contributed by atoms with Gasteiger partial charge < -0.3 is 4.74 Å². The van der Waals surface area contributed by atoms with Gasteiger partial charge in [-0.1, -0.05) is 23.7 Å². The molecule has 1 N–H and O–H groups in total. The van der Waals surface area contributed by atoms with Crippen LogP contribution >= 0.6 is 11.6 Å². The average molecular weight is 386 g/mol. The lowest BCUT2D eigenvalue weighted by molar-refractivity contribution is 0.117. The molecule has 3 rings (SSSR count). The van der Waals surface area contributed by atoms with Gasteiger partial charge in [-0.05, 0) is 37.6 Å². The fourth-order valence-electron chi connectivity index (χ4n) is 2.69. The number of halogens is 3. The Morgan fingerprint density at radius 2 is 1.76 bits per heavy atom. The van der Waals surface area contributed by atoms with Gasteiger partial charge in [0, 0.05) is 17.2 Å². The minimum absolute atomic E-state index is 0.113. The van der Waals surface area contributed by atoms with Gasteiger partial charge in [0.15, 0.2) is 11.4 Å². The zero-order valence-corrected chi connectivity index (χ0v) is 14.9. The normalized spacial score (nSPS) is 15.8. The smallest absolute Gasteiger partial charge is 0.222 e. The van der Waals surface area contributed by atoms with Crippen LogP contribution in [-0.4, -0.2) is 14.0 Å². The number of ether oxygens (including phenoxy) is 1. The van der Waals surface area contributed by atoms with Crippen molar-refractivity contribution in [3.8, 4) is 5.75 Å². The largest absolute Gasteiger partial charge is 0.480 e. The molecule has 0 saturated heterocycles. The molecule has 8 heteroatoms. The van der Waals surface area contributed by atoms with E-state index in [1.807, 2.05) is 0 Å². The first kappa shape index (κ1) is 17.7. The molecule has 2 aromatic rings. The van der Waals surface area contributed by atoms with Crippen LogP contribution in [0.15, 0.2) is 42.2 Å². The lowest BCUT2D eigenvalue weighted by Crippen LogP contribution is -2.33. The molecule has 1 heterocycles. The zero-order valence-electron chi connectivity index (χ0n) is 13.3. The minimum Gasteiger partial charge on any atom is -0.480 e. The molecule has 0 atom stereocenters. The number of nitrogens with one attached hydrogen (secondary N) is 1. The van der Waals surface area contributed by atoms with E-state index < -0.39 is 28.1 Å². The Morgan fingerprint density at radius 1 is 1.12 bits per heavy atom. The molecule has 1 aliphatic heterocycles. The molecule has 0 amide bonds. The molecule has 4 nitrogen and oxygen atoms in total. The van der Waals surface area contributed by atoms with Crippen molar-refractivity contribution in [2.24, 2.45) is 0 Å². The molecule has 0 aliphatic carbocycles. The summed E-state index contributed by atoms with van der Waals surface area (Å²) >= 11 is 6.27. The third-order valence-corrected chi connectivity index (χ3v) is 4.51. The van der Waals surface area contributed by atoms with Crippen molar-refractivity contribution >= 4 is 33.8 Å². The fraction of sp³-hybridized carbons (Fsp3) is 0.176. The van der Waals surface area contributed by atoms with Crippen molar-refractivity contribution in [3.63, 3.8) is 0 Å². The fourth-order valence-corrected chi connectivity index (χ4v) is 3.34. The first-order valence-electron chi connectivity index (χ1n) is 7.29. The molecule has 2 aromatic carbocycles. The maximum absolute atomic E-state index is 15.1. The van der Waals surface area contributed by atoms with E-state index in [0.717, 1.165) is 0 Å². The standard InChI is InChI=1S/C17H14ClF2NO3S/c1-17(2)16(20)14(9-3-5-10(19)6-4-9)15-12(18)7-11(21-25(22)23)8-13(15)24-17/h3-8,25H,1-2H3,(H,21,22,23). The van der Waals surface area contributed by atoms with Gasteiger partial charge in [-0.15, -0.1) is 0 Å². The number of fused-ring (bicyclic) bond motifs is 1.